The third-order valence-corrected chi connectivity index (χ3v) is 8.33. The fourth-order valence-electron chi connectivity index (χ4n) is 5.87. The second-order valence-corrected chi connectivity index (χ2v) is 11.4. The normalized spacial score (nSPS) is 11.7. The molecule has 0 amide bonds. The Bertz CT molecular complexity index is 1900. The van der Waals surface area contributed by atoms with Crippen molar-refractivity contribution in [2.45, 2.75) is 0 Å². The summed E-state index contributed by atoms with van der Waals surface area (Å²) >= 11 is 0. The molecule has 0 aliphatic rings. The Morgan fingerprint density at radius 2 is 0.500 bits per heavy atom. The zero-order valence-corrected chi connectivity index (χ0v) is 25.6. The molecule has 0 spiro atoms. The van der Waals surface area contributed by atoms with Gasteiger partial charge in [-0.25, -0.2) is 0 Å². The molecule has 7 aromatic carbocycles. The van der Waals surface area contributed by atoms with Crippen molar-refractivity contribution in [3.05, 3.63) is 228 Å². The van der Waals surface area contributed by atoms with Gasteiger partial charge in [-0.15, -0.1) is 0 Å². The van der Waals surface area contributed by atoms with Crippen molar-refractivity contribution in [3.63, 3.8) is 0 Å². The van der Waals surface area contributed by atoms with Gasteiger partial charge in [-0.2, -0.15) is 0 Å². The minimum absolute atomic E-state index is 1.16. The SMILES string of the molecule is C(=C(\c1ccccc1)c1ccc(-c2ccccc2)cc1)/c1ccc(/C=C(/c2ccccc2)c2ccc(-c3ccccc3)cc2)cc1. The summed E-state index contributed by atoms with van der Waals surface area (Å²) in [5.74, 6) is 0. The summed E-state index contributed by atoms with van der Waals surface area (Å²) in [4.78, 5) is 0. The molecule has 46 heavy (non-hydrogen) atoms. The molecule has 0 bridgehead atoms. The molecule has 0 aliphatic heterocycles. The minimum Gasteiger partial charge on any atom is -0.0622 e. The van der Waals surface area contributed by atoms with Crippen LogP contribution in [-0.4, -0.2) is 0 Å². The van der Waals surface area contributed by atoms with Crippen molar-refractivity contribution in [3.8, 4) is 22.3 Å². The Morgan fingerprint density at radius 1 is 0.239 bits per heavy atom. The highest BCUT2D eigenvalue weighted by Gasteiger charge is 2.09. The quantitative estimate of drug-likeness (QED) is 0.155. The van der Waals surface area contributed by atoms with Crippen LogP contribution in [0, 0.1) is 0 Å². The Balaban J connectivity index is 1.21. The summed E-state index contributed by atoms with van der Waals surface area (Å²) in [5, 5.41) is 0. The Hall–Kier alpha value is -5.98. The van der Waals surface area contributed by atoms with Crippen molar-refractivity contribution in [2.24, 2.45) is 0 Å². The van der Waals surface area contributed by atoms with Crippen molar-refractivity contribution in [2.75, 3.05) is 0 Å². The average molecular weight is 587 g/mol. The van der Waals surface area contributed by atoms with Gasteiger partial charge in [0, 0.05) is 0 Å². The van der Waals surface area contributed by atoms with Gasteiger partial charge in [-0.05, 0) is 78.9 Å². The molecular formula is C46H34. The standard InChI is InChI=1S/C46H34/c1-5-13-37(14-6-1)39-25-29-43(30-26-39)45(41-17-9-3-10-18-41)33-35-21-23-36(24-22-35)34-46(42-19-11-4-12-20-42)44-31-27-40(28-32-44)38-15-7-2-8-16-38/h1-34H/b45-33-,46-34-. The fraction of sp³-hybridized carbons (Fsp3) is 0. The van der Waals surface area contributed by atoms with E-state index in [-0.39, 0.29) is 0 Å². The number of hydrogen-bond donors (Lipinski definition) is 0. The van der Waals surface area contributed by atoms with E-state index < -0.39 is 0 Å². The molecule has 0 heteroatoms. The Kier molecular flexibility index (Phi) is 8.61. The number of rotatable bonds is 8. The van der Waals surface area contributed by atoms with E-state index >= 15 is 0 Å². The van der Waals surface area contributed by atoms with Crippen LogP contribution in [0.4, 0.5) is 0 Å². The summed E-state index contributed by atoms with van der Waals surface area (Å²) in [5.41, 5.74) is 14.4. The maximum absolute atomic E-state index is 2.29. The van der Waals surface area contributed by atoms with Gasteiger partial charge >= 0.3 is 0 Å². The highest BCUT2D eigenvalue weighted by atomic mass is 14.1. The van der Waals surface area contributed by atoms with E-state index in [4.69, 9.17) is 0 Å². The van der Waals surface area contributed by atoms with Gasteiger partial charge in [0.2, 0.25) is 0 Å². The maximum atomic E-state index is 2.29. The zero-order valence-electron chi connectivity index (χ0n) is 25.6. The molecular weight excluding hydrogens is 553 g/mol. The smallest absolute Gasteiger partial charge is 0.0105 e. The van der Waals surface area contributed by atoms with Gasteiger partial charge in [0.05, 0.1) is 0 Å². The third kappa shape index (κ3) is 6.73. The van der Waals surface area contributed by atoms with E-state index in [0.717, 1.165) is 11.1 Å². The van der Waals surface area contributed by atoms with Crippen molar-refractivity contribution in [1.29, 1.82) is 0 Å². The van der Waals surface area contributed by atoms with Crippen molar-refractivity contribution < 1.29 is 0 Å². The van der Waals surface area contributed by atoms with Crippen LogP contribution in [0.5, 0.6) is 0 Å². The van der Waals surface area contributed by atoms with Gasteiger partial charge in [-0.1, -0.05) is 194 Å². The van der Waals surface area contributed by atoms with Crippen LogP contribution in [0.25, 0.3) is 45.6 Å². The summed E-state index contributed by atoms with van der Waals surface area (Å²) in [6, 6.07) is 69.0. The highest BCUT2D eigenvalue weighted by molar-refractivity contribution is 5.93. The lowest BCUT2D eigenvalue weighted by atomic mass is 9.93. The van der Waals surface area contributed by atoms with Crippen LogP contribution in [0.15, 0.2) is 194 Å². The average Bonchev–Trinajstić information content (AvgIpc) is 3.15. The largest absolute Gasteiger partial charge is 0.0622 e. The summed E-state index contributed by atoms with van der Waals surface area (Å²) in [7, 11) is 0. The lowest BCUT2D eigenvalue weighted by molar-refractivity contribution is 1.53. The molecule has 0 atom stereocenters. The first kappa shape index (κ1) is 28.8. The highest BCUT2D eigenvalue weighted by Crippen LogP contribution is 2.31. The predicted molar refractivity (Wildman–Crippen MR) is 197 cm³/mol. The van der Waals surface area contributed by atoms with Gasteiger partial charge < -0.3 is 0 Å². The molecule has 0 aliphatic carbocycles. The van der Waals surface area contributed by atoms with E-state index in [1.807, 2.05) is 0 Å². The molecule has 0 aromatic heterocycles. The molecule has 0 unspecified atom stereocenters. The summed E-state index contributed by atoms with van der Waals surface area (Å²) in [6.07, 6.45) is 4.58. The molecule has 0 heterocycles. The first-order chi connectivity index (χ1) is 22.8. The second-order valence-electron chi connectivity index (χ2n) is 11.4. The summed E-state index contributed by atoms with van der Waals surface area (Å²) in [6.45, 7) is 0. The molecule has 0 saturated heterocycles. The molecule has 218 valence electrons. The lowest BCUT2D eigenvalue weighted by Crippen LogP contribution is -1.90. The molecule has 0 nitrogen and oxygen atoms in total. The van der Waals surface area contributed by atoms with Gasteiger partial charge in [0.25, 0.3) is 0 Å². The van der Waals surface area contributed by atoms with Crippen LogP contribution in [0.1, 0.15) is 33.4 Å². The minimum atomic E-state index is 1.16. The van der Waals surface area contributed by atoms with Gasteiger partial charge in [0.15, 0.2) is 0 Å². The molecule has 7 rings (SSSR count). The van der Waals surface area contributed by atoms with Crippen LogP contribution >= 0.6 is 0 Å². The van der Waals surface area contributed by atoms with Crippen molar-refractivity contribution in [1.82, 2.24) is 0 Å². The van der Waals surface area contributed by atoms with Crippen molar-refractivity contribution >= 4 is 23.3 Å². The molecule has 0 radical (unpaired) electrons. The van der Waals surface area contributed by atoms with Crippen LogP contribution < -0.4 is 0 Å². The van der Waals surface area contributed by atoms with E-state index in [2.05, 4.69) is 206 Å². The monoisotopic (exact) mass is 586 g/mol. The topological polar surface area (TPSA) is 0 Å². The Labute approximate surface area is 272 Å². The molecule has 7 aromatic rings. The van der Waals surface area contributed by atoms with Crippen LogP contribution in [0.2, 0.25) is 0 Å². The van der Waals surface area contributed by atoms with E-state index in [0.29, 0.717) is 0 Å². The zero-order chi connectivity index (χ0) is 31.0. The number of hydrogen-bond acceptors (Lipinski definition) is 0. The number of benzene rings is 7. The van der Waals surface area contributed by atoms with Crippen LogP contribution in [-0.2, 0) is 0 Å². The predicted octanol–water partition coefficient (Wildman–Crippen LogP) is 12.2. The van der Waals surface area contributed by atoms with E-state index in [1.165, 1.54) is 55.7 Å². The Morgan fingerprint density at radius 3 is 0.826 bits per heavy atom. The van der Waals surface area contributed by atoms with E-state index in [9.17, 15) is 0 Å². The third-order valence-electron chi connectivity index (χ3n) is 8.33. The fourth-order valence-corrected chi connectivity index (χ4v) is 5.87. The molecule has 0 saturated carbocycles. The van der Waals surface area contributed by atoms with Gasteiger partial charge in [-0.3, -0.25) is 0 Å². The van der Waals surface area contributed by atoms with Gasteiger partial charge in [0.1, 0.15) is 0 Å². The van der Waals surface area contributed by atoms with Crippen LogP contribution in [0.3, 0.4) is 0 Å². The van der Waals surface area contributed by atoms with E-state index in [1.54, 1.807) is 0 Å². The molecule has 0 fully saturated rings. The first-order valence-corrected chi connectivity index (χ1v) is 15.8. The lowest BCUT2D eigenvalue weighted by Gasteiger charge is -2.12. The molecule has 0 N–H and O–H groups in total. The maximum Gasteiger partial charge on any atom is -0.0105 e. The summed E-state index contributed by atoms with van der Waals surface area (Å²) < 4.78 is 0. The first-order valence-electron chi connectivity index (χ1n) is 15.8. The second kappa shape index (κ2) is 13.8.